The molecular formula is C24H28N4O3S. The zero-order chi connectivity index (χ0) is 22.9. The summed E-state index contributed by atoms with van der Waals surface area (Å²) in [5.41, 5.74) is 5.15. The topological polar surface area (TPSA) is 96.1 Å². The maximum atomic E-state index is 13.2. The number of methoxy groups -OCH3 is 1. The van der Waals surface area contributed by atoms with Crippen LogP contribution in [0, 0.1) is 6.92 Å². The summed E-state index contributed by atoms with van der Waals surface area (Å²) in [5.74, 6) is -0.0104. The molecule has 0 bridgehead atoms. The summed E-state index contributed by atoms with van der Waals surface area (Å²) in [6, 6.07) is 12.8. The Hall–Kier alpha value is -3.26. The van der Waals surface area contributed by atoms with Crippen molar-refractivity contribution in [3.63, 3.8) is 0 Å². The average molecular weight is 453 g/mol. The lowest BCUT2D eigenvalue weighted by Gasteiger charge is -2.19. The second kappa shape index (κ2) is 11.4. The second-order valence-corrected chi connectivity index (χ2v) is 8.32. The van der Waals surface area contributed by atoms with E-state index in [0.717, 1.165) is 33.8 Å². The number of thioether (sulfide) groups is 1. The van der Waals surface area contributed by atoms with E-state index in [2.05, 4.69) is 20.6 Å². The summed E-state index contributed by atoms with van der Waals surface area (Å²) in [4.78, 5) is 32.5. The summed E-state index contributed by atoms with van der Waals surface area (Å²) in [6.07, 6.45) is 5.86. The highest BCUT2D eigenvalue weighted by atomic mass is 32.2. The fourth-order valence-electron chi connectivity index (χ4n) is 3.39. The van der Waals surface area contributed by atoms with Crippen molar-refractivity contribution in [2.24, 2.45) is 0 Å². The van der Waals surface area contributed by atoms with Crippen LogP contribution in [-0.2, 0) is 16.1 Å². The maximum absolute atomic E-state index is 13.2. The first-order valence-corrected chi connectivity index (χ1v) is 11.7. The molecule has 7 nitrogen and oxygen atoms in total. The van der Waals surface area contributed by atoms with Crippen LogP contribution in [0.2, 0.25) is 0 Å². The molecule has 3 N–H and O–H groups in total. The first-order chi connectivity index (χ1) is 15.5. The van der Waals surface area contributed by atoms with Crippen molar-refractivity contribution in [3.05, 3.63) is 71.8 Å². The van der Waals surface area contributed by atoms with E-state index in [0.29, 0.717) is 18.5 Å². The highest BCUT2D eigenvalue weighted by Crippen LogP contribution is 2.30. The number of amides is 1. The number of nitrogens with one attached hydrogen (secondary N) is 3. The maximum Gasteiger partial charge on any atom is 0.328 e. The van der Waals surface area contributed by atoms with Gasteiger partial charge in [0.2, 0.25) is 0 Å². The first-order valence-electron chi connectivity index (χ1n) is 10.3. The van der Waals surface area contributed by atoms with Gasteiger partial charge in [0.25, 0.3) is 5.91 Å². The van der Waals surface area contributed by atoms with Crippen molar-refractivity contribution >= 4 is 29.3 Å². The SMILES string of the molecule is COC(=O)[C@H](CCSC)NC(=O)c1ccc(NCc2cnc[nH]2)cc1-c1ccccc1C. The summed E-state index contributed by atoms with van der Waals surface area (Å²) >= 11 is 1.61. The Bertz CT molecular complexity index is 1050. The molecule has 1 aromatic heterocycles. The van der Waals surface area contributed by atoms with Gasteiger partial charge >= 0.3 is 5.97 Å². The van der Waals surface area contributed by atoms with E-state index in [1.54, 1.807) is 30.4 Å². The van der Waals surface area contributed by atoms with E-state index in [1.165, 1.54) is 7.11 Å². The van der Waals surface area contributed by atoms with Crippen LogP contribution in [0.3, 0.4) is 0 Å². The molecule has 1 amide bonds. The van der Waals surface area contributed by atoms with E-state index in [4.69, 9.17) is 4.74 Å². The largest absolute Gasteiger partial charge is 0.467 e. The van der Waals surface area contributed by atoms with Crippen LogP contribution < -0.4 is 10.6 Å². The summed E-state index contributed by atoms with van der Waals surface area (Å²) in [7, 11) is 1.33. The van der Waals surface area contributed by atoms with Crippen LogP contribution in [0.4, 0.5) is 5.69 Å². The molecule has 0 fully saturated rings. The van der Waals surface area contributed by atoms with Crippen molar-refractivity contribution in [1.29, 1.82) is 0 Å². The fraction of sp³-hybridized carbons (Fsp3) is 0.292. The van der Waals surface area contributed by atoms with Crippen LogP contribution in [0.25, 0.3) is 11.1 Å². The number of benzene rings is 2. The number of aryl methyl sites for hydroxylation is 1. The van der Waals surface area contributed by atoms with Crippen LogP contribution in [0.1, 0.15) is 28.0 Å². The van der Waals surface area contributed by atoms with Gasteiger partial charge in [0, 0.05) is 17.4 Å². The molecule has 0 aliphatic heterocycles. The Kier molecular flexibility index (Phi) is 8.33. The Morgan fingerprint density at radius 2 is 2.00 bits per heavy atom. The van der Waals surface area contributed by atoms with Crippen molar-refractivity contribution < 1.29 is 14.3 Å². The number of esters is 1. The van der Waals surface area contributed by atoms with Gasteiger partial charge in [-0.1, -0.05) is 24.3 Å². The smallest absolute Gasteiger partial charge is 0.328 e. The van der Waals surface area contributed by atoms with Crippen molar-refractivity contribution in [3.8, 4) is 11.1 Å². The quantitative estimate of drug-likeness (QED) is 0.402. The molecule has 3 aromatic rings. The van der Waals surface area contributed by atoms with E-state index >= 15 is 0 Å². The van der Waals surface area contributed by atoms with Gasteiger partial charge in [-0.3, -0.25) is 4.79 Å². The molecular weight excluding hydrogens is 424 g/mol. The molecule has 2 aromatic carbocycles. The molecule has 0 radical (unpaired) electrons. The number of imidazole rings is 1. The molecule has 0 aliphatic rings. The summed E-state index contributed by atoms with van der Waals surface area (Å²) in [6.45, 7) is 2.59. The Balaban J connectivity index is 1.91. The Morgan fingerprint density at radius 1 is 1.19 bits per heavy atom. The van der Waals surface area contributed by atoms with E-state index in [-0.39, 0.29) is 5.91 Å². The predicted molar refractivity (Wildman–Crippen MR) is 129 cm³/mol. The van der Waals surface area contributed by atoms with Gasteiger partial charge in [-0.25, -0.2) is 9.78 Å². The average Bonchev–Trinajstić information content (AvgIpc) is 3.33. The van der Waals surface area contributed by atoms with E-state index in [9.17, 15) is 9.59 Å². The standard InChI is InChI=1S/C24H28N4O3S/c1-16-6-4-5-7-19(16)21-12-17(26-14-18-13-25-15-27-18)8-9-20(21)23(29)28-22(10-11-32-3)24(30)31-2/h4-9,12-13,15,22,26H,10-11,14H2,1-3H3,(H,25,27)(H,28,29)/t22-/m0/s1. The van der Waals surface area contributed by atoms with Crippen molar-refractivity contribution in [2.75, 3.05) is 24.4 Å². The van der Waals surface area contributed by atoms with E-state index < -0.39 is 12.0 Å². The third-order valence-corrected chi connectivity index (χ3v) is 5.78. The lowest BCUT2D eigenvalue weighted by molar-refractivity contribution is -0.142. The molecule has 32 heavy (non-hydrogen) atoms. The number of aromatic nitrogens is 2. The molecule has 0 aliphatic carbocycles. The summed E-state index contributed by atoms with van der Waals surface area (Å²) in [5, 5.41) is 6.22. The third-order valence-electron chi connectivity index (χ3n) is 5.14. The number of nitrogens with zero attached hydrogens (tertiary/aromatic N) is 1. The number of aromatic amines is 1. The minimum atomic E-state index is -0.692. The highest BCUT2D eigenvalue weighted by molar-refractivity contribution is 7.98. The van der Waals surface area contributed by atoms with Crippen molar-refractivity contribution in [2.45, 2.75) is 25.9 Å². The lowest BCUT2D eigenvalue weighted by Crippen LogP contribution is -2.42. The number of carbonyl (C=O) groups excluding carboxylic acids is 2. The zero-order valence-corrected chi connectivity index (χ0v) is 19.3. The molecule has 168 valence electrons. The Labute approximate surface area is 192 Å². The fourth-order valence-corrected chi connectivity index (χ4v) is 3.86. The molecule has 0 unspecified atom stereocenters. The van der Waals surface area contributed by atoms with Gasteiger partial charge < -0.3 is 20.4 Å². The van der Waals surface area contributed by atoms with Gasteiger partial charge in [-0.15, -0.1) is 0 Å². The number of H-pyrrole nitrogens is 1. The number of ether oxygens (including phenoxy) is 1. The number of rotatable bonds is 10. The molecule has 0 saturated heterocycles. The van der Waals surface area contributed by atoms with Crippen LogP contribution in [0.5, 0.6) is 0 Å². The van der Waals surface area contributed by atoms with Gasteiger partial charge in [-0.2, -0.15) is 11.8 Å². The molecule has 1 heterocycles. The van der Waals surface area contributed by atoms with Crippen LogP contribution >= 0.6 is 11.8 Å². The zero-order valence-electron chi connectivity index (χ0n) is 18.5. The lowest BCUT2D eigenvalue weighted by atomic mass is 9.94. The van der Waals surface area contributed by atoms with Gasteiger partial charge in [-0.05, 0) is 60.2 Å². The van der Waals surface area contributed by atoms with Crippen LogP contribution in [0.15, 0.2) is 55.0 Å². The number of anilines is 1. The molecule has 8 heteroatoms. The molecule has 0 spiro atoms. The third kappa shape index (κ3) is 5.91. The van der Waals surface area contributed by atoms with Gasteiger partial charge in [0.05, 0.1) is 25.7 Å². The minimum Gasteiger partial charge on any atom is -0.467 e. The molecule has 0 saturated carbocycles. The van der Waals surface area contributed by atoms with E-state index in [1.807, 2.05) is 49.6 Å². The molecule has 1 atom stereocenters. The minimum absolute atomic E-state index is 0.306. The Morgan fingerprint density at radius 3 is 2.69 bits per heavy atom. The van der Waals surface area contributed by atoms with Crippen molar-refractivity contribution in [1.82, 2.24) is 15.3 Å². The van der Waals surface area contributed by atoms with Crippen LogP contribution in [-0.4, -0.2) is 47.0 Å². The monoisotopic (exact) mass is 452 g/mol. The number of hydrogen-bond donors (Lipinski definition) is 3. The number of carbonyl (C=O) groups is 2. The second-order valence-electron chi connectivity index (χ2n) is 7.34. The van der Waals surface area contributed by atoms with Gasteiger partial charge in [0.15, 0.2) is 0 Å². The normalized spacial score (nSPS) is 11.6. The predicted octanol–water partition coefficient (Wildman–Crippen LogP) is 4.02. The molecule has 3 rings (SSSR count). The first kappa shape index (κ1) is 23.4. The van der Waals surface area contributed by atoms with Gasteiger partial charge in [0.1, 0.15) is 6.04 Å². The highest BCUT2D eigenvalue weighted by Gasteiger charge is 2.23. The summed E-state index contributed by atoms with van der Waals surface area (Å²) < 4.78 is 4.89. The number of hydrogen-bond acceptors (Lipinski definition) is 6.